The van der Waals surface area contributed by atoms with Crippen molar-refractivity contribution in [1.82, 2.24) is 4.72 Å². The molecular formula is C14H12FNO4S. The second-order valence-electron chi connectivity index (χ2n) is 4.53. The van der Waals surface area contributed by atoms with Crippen LogP contribution in [-0.4, -0.2) is 8.42 Å². The Morgan fingerprint density at radius 1 is 1.24 bits per heavy atom. The van der Waals surface area contributed by atoms with Gasteiger partial charge in [0, 0.05) is 18.2 Å². The molecule has 0 radical (unpaired) electrons. The minimum absolute atomic E-state index is 0.0306. The van der Waals surface area contributed by atoms with Crippen LogP contribution in [0.3, 0.4) is 0 Å². The van der Waals surface area contributed by atoms with Gasteiger partial charge in [-0.2, -0.15) is 13.1 Å². The standard InChI is InChI=1S/C14H12FNO4S/c15-13-7-12(19-9-10-4-2-1-3-5-10)6-11-8-16-21(17,18)20-14(11)13/h1-7,16H,8-9H2. The summed E-state index contributed by atoms with van der Waals surface area (Å²) < 4.78 is 48.7. The average molecular weight is 309 g/mol. The fourth-order valence-electron chi connectivity index (χ4n) is 1.98. The average Bonchev–Trinajstić information content (AvgIpc) is 2.47. The molecule has 1 heterocycles. The molecule has 7 heteroatoms. The third kappa shape index (κ3) is 3.14. The molecule has 0 fully saturated rings. The highest BCUT2D eigenvalue weighted by molar-refractivity contribution is 7.85. The van der Waals surface area contributed by atoms with Gasteiger partial charge in [-0.25, -0.2) is 4.39 Å². The molecule has 0 unspecified atom stereocenters. The SMILES string of the molecule is O=S1(=O)NCc2cc(OCc3ccccc3)cc(F)c2O1. The Kier molecular flexibility index (Phi) is 3.52. The molecule has 0 bridgehead atoms. The highest BCUT2D eigenvalue weighted by atomic mass is 32.2. The van der Waals surface area contributed by atoms with Gasteiger partial charge in [0.05, 0.1) is 0 Å². The molecular weight excluding hydrogens is 297 g/mol. The van der Waals surface area contributed by atoms with Crippen LogP contribution < -0.4 is 13.6 Å². The van der Waals surface area contributed by atoms with Crippen molar-refractivity contribution >= 4 is 10.3 Å². The van der Waals surface area contributed by atoms with E-state index in [0.29, 0.717) is 17.9 Å². The molecule has 1 aliphatic heterocycles. The Hall–Kier alpha value is -2.12. The van der Waals surface area contributed by atoms with Gasteiger partial charge in [0.15, 0.2) is 11.6 Å². The number of hydrogen-bond donors (Lipinski definition) is 1. The molecule has 1 N–H and O–H groups in total. The number of rotatable bonds is 3. The van der Waals surface area contributed by atoms with Gasteiger partial charge in [0.2, 0.25) is 0 Å². The van der Waals surface area contributed by atoms with Crippen molar-refractivity contribution in [1.29, 1.82) is 0 Å². The van der Waals surface area contributed by atoms with Crippen LogP contribution in [0.25, 0.3) is 0 Å². The van der Waals surface area contributed by atoms with E-state index >= 15 is 0 Å². The fraction of sp³-hybridized carbons (Fsp3) is 0.143. The Morgan fingerprint density at radius 3 is 2.76 bits per heavy atom. The van der Waals surface area contributed by atoms with Crippen molar-refractivity contribution in [2.75, 3.05) is 0 Å². The minimum Gasteiger partial charge on any atom is -0.489 e. The topological polar surface area (TPSA) is 64.6 Å². The zero-order valence-corrected chi connectivity index (χ0v) is 11.7. The maximum Gasteiger partial charge on any atom is 0.383 e. The Morgan fingerprint density at radius 2 is 2.00 bits per heavy atom. The van der Waals surface area contributed by atoms with E-state index in [1.54, 1.807) is 6.07 Å². The lowest BCUT2D eigenvalue weighted by Crippen LogP contribution is -2.32. The second kappa shape index (κ2) is 5.34. The van der Waals surface area contributed by atoms with Gasteiger partial charge in [-0.15, -0.1) is 0 Å². The number of benzene rings is 2. The largest absolute Gasteiger partial charge is 0.489 e. The van der Waals surface area contributed by atoms with Gasteiger partial charge in [-0.1, -0.05) is 30.3 Å². The Bertz CT molecular complexity index is 762. The van der Waals surface area contributed by atoms with Crippen LogP contribution in [0.5, 0.6) is 11.5 Å². The van der Waals surface area contributed by atoms with Crippen LogP contribution in [0.1, 0.15) is 11.1 Å². The first-order chi connectivity index (χ1) is 10.0. The number of halogens is 1. The van der Waals surface area contributed by atoms with Crippen LogP contribution in [0.2, 0.25) is 0 Å². The van der Waals surface area contributed by atoms with Gasteiger partial charge in [0.25, 0.3) is 0 Å². The van der Waals surface area contributed by atoms with Gasteiger partial charge < -0.3 is 8.92 Å². The lowest BCUT2D eigenvalue weighted by molar-refractivity contribution is 0.302. The van der Waals surface area contributed by atoms with E-state index < -0.39 is 16.1 Å². The van der Waals surface area contributed by atoms with E-state index in [-0.39, 0.29) is 12.3 Å². The lowest BCUT2D eigenvalue weighted by atomic mass is 10.2. The van der Waals surface area contributed by atoms with Gasteiger partial charge in [-0.3, -0.25) is 0 Å². The van der Waals surface area contributed by atoms with Gasteiger partial charge >= 0.3 is 10.3 Å². The summed E-state index contributed by atoms with van der Waals surface area (Å²) in [6.07, 6.45) is 0. The summed E-state index contributed by atoms with van der Waals surface area (Å²) in [5, 5.41) is 0. The molecule has 110 valence electrons. The molecule has 0 aliphatic carbocycles. The van der Waals surface area contributed by atoms with Crippen LogP contribution in [0, 0.1) is 5.82 Å². The first kappa shape index (κ1) is 13.8. The maximum atomic E-state index is 13.9. The summed E-state index contributed by atoms with van der Waals surface area (Å²) in [6.45, 7) is 0.267. The fourth-order valence-corrected chi connectivity index (χ4v) is 2.77. The predicted molar refractivity (Wildman–Crippen MR) is 73.6 cm³/mol. The first-order valence-electron chi connectivity index (χ1n) is 6.22. The third-order valence-electron chi connectivity index (χ3n) is 2.97. The van der Waals surface area contributed by atoms with E-state index in [2.05, 4.69) is 8.91 Å². The molecule has 0 saturated heterocycles. The maximum absolute atomic E-state index is 13.9. The molecule has 0 saturated carbocycles. The second-order valence-corrected chi connectivity index (χ2v) is 5.89. The molecule has 1 aliphatic rings. The van der Waals surface area contributed by atoms with E-state index in [1.165, 1.54) is 0 Å². The molecule has 2 aromatic carbocycles. The number of ether oxygens (including phenoxy) is 1. The smallest absolute Gasteiger partial charge is 0.383 e. The summed E-state index contributed by atoms with van der Waals surface area (Å²) in [7, 11) is -3.92. The van der Waals surface area contributed by atoms with Gasteiger partial charge in [0.1, 0.15) is 12.4 Å². The van der Waals surface area contributed by atoms with E-state index in [0.717, 1.165) is 11.6 Å². The normalized spacial score (nSPS) is 15.9. The Labute approximate surface area is 121 Å². The van der Waals surface area contributed by atoms with E-state index in [1.807, 2.05) is 30.3 Å². The van der Waals surface area contributed by atoms with E-state index in [9.17, 15) is 12.8 Å². The lowest BCUT2D eigenvalue weighted by Gasteiger charge is -2.19. The van der Waals surface area contributed by atoms with Crippen molar-refractivity contribution in [2.45, 2.75) is 13.2 Å². The first-order valence-corrected chi connectivity index (χ1v) is 7.62. The highest BCUT2D eigenvalue weighted by Crippen LogP contribution is 2.32. The molecule has 21 heavy (non-hydrogen) atoms. The quantitative estimate of drug-likeness (QED) is 0.943. The van der Waals surface area contributed by atoms with Crippen molar-refractivity contribution in [3.8, 4) is 11.5 Å². The van der Waals surface area contributed by atoms with Crippen molar-refractivity contribution < 1.29 is 21.7 Å². The highest BCUT2D eigenvalue weighted by Gasteiger charge is 2.25. The summed E-state index contributed by atoms with van der Waals surface area (Å²) in [5.41, 5.74) is 1.35. The van der Waals surface area contributed by atoms with Crippen molar-refractivity contribution in [3.05, 3.63) is 59.4 Å². The zero-order chi connectivity index (χ0) is 14.9. The van der Waals surface area contributed by atoms with Gasteiger partial charge in [-0.05, 0) is 11.6 Å². The summed E-state index contributed by atoms with van der Waals surface area (Å²) in [5.74, 6) is -0.721. The van der Waals surface area contributed by atoms with Crippen LogP contribution >= 0.6 is 0 Å². The molecule has 5 nitrogen and oxygen atoms in total. The number of nitrogens with one attached hydrogen (secondary N) is 1. The van der Waals surface area contributed by atoms with Crippen molar-refractivity contribution in [3.63, 3.8) is 0 Å². The zero-order valence-electron chi connectivity index (χ0n) is 10.9. The number of hydrogen-bond acceptors (Lipinski definition) is 4. The monoisotopic (exact) mass is 309 g/mol. The molecule has 3 rings (SSSR count). The molecule has 0 amide bonds. The summed E-state index contributed by atoms with van der Waals surface area (Å²) in [6, 6.07) is 12.1. The third-order valence-corrected chi connectivity index (χ3v) is 3.86. The predicted octanol–water partition coefficient (Wildman–Crippen LogP) is 2.13. The summed E-state index contributed by atoms with van der Waals surface area (Å²) >= 11 is 0. The summed E-state index contributed by atoms with van der Waals surface area (Å²) in [4.78, 5) is 0. The number of fused-ring (bicyclic) bond motifs is 1. The van der Waals surface area contributed by atoms with Crippen LogP contribution in [0.4, 0.5) is 4.39 Å². The van der Waals surface area contributed by atoms with Crippen LogP contribution in [-0.2, 0) is 23.5 Å². The molecule has 0 atom stereocenters. The van der Waals surface area contributed by atoms with Crippen molar-refractivity contribution in [2.24, 2.45) is 0 Å². The molecule has 2 aromatic rings. The Balaban J connectivity index is 1.81. The van der Waals surface area contributed by atoms with Crippen LogP contribution in [0.15, 0.2) is 42.5 Å². The minimum atomic E-state index is -3.92. The molecule has 0 aromatic heterocycles. The molecule has 0 spiro atoms. The van der Waals surface area contributed by atoms with E-state index in [4.69, 9.17) is 4.74 Å².